The molecule has 0 aromatic heterocycles. The molecular formula is C31H44ClN3O5. The summed E-state index contributed by atoms with van der Waals surface area (Å²) >= 11 is 6.42. The number of anilines is 1. The van der Waals surface area contributed by atoms with E-state index in [0.717, 1.165) is 18.4 Å². The van der Waals surface area contributed by atoms with Gasteiger partial charge in [0.05, 0.1) is 10.7 Å². The molecule has 0 aliphatic rings. The number of alkyl carbamates (subject to hydrolysis) is 1. The first-order valence-corrected chi connectivity index (χ1v) is 14.3. The average Bonchev–Trinajstić information content (AvgIpc) is 2.84. The lowest BCUT2D eigenvalue weighted by Crippen LogP contribution is -2.53. The van der Waals surface area contributed by atoms with Crippen LogP contribution in [0.2, 0.25) is 5.02 Å². The Morgan fingerprint density at radius 2 is 1.70 bits per heavy atom. The second-order valence-electron chi connectivity index (χ2n) is 11.5. The number of para-hydroxylation sites is 1. The van der Waals surface area contributed by atoms with Crippen LogP contribution in [0.3, 0.4) is 0 Å². The van der Waals surface area contributed by atoms with Crippen LogP contribution in [0.5, 0.6) is 5.75 Å². The Labute approximate surface area is 243 Å². The number of carbonyl (C=O) groups is 3. The maximum atomic E-state index is 14.2. The van der Waals surface area contributed by atoms with Crippen LogP contribution in [0.4, 0.5) is 10.5 Å². The van der Waals surface area contributed by atoms with Crippen LogP contribution in [0.1, 0.15) is 84.4 Å². The molecule has 0 radical (unpaired) electrons. The van der Waals surface area contributed by atoms with E-state index in [1.165, 1.54) is 17.0 Å². The van der Waals surface area contributed by atoms with Gasteiger partial charge in [-0.3, -0.25) is 9.59 Å². The molecule has 0 bridgehead atoms. The van der Waals surface area contributed by atoms with Crippen molar-refractivity contribution in [2.75, 3.05) is 11.9 Å². The third kappa shape index (κ3) is 10.0. The molecule has 2 aromatic rings. The number of carbonyl (C=O) groups excluding carboxylic acids is 3. The van der Waals surface area contributed by atoms with E-state index in [9.17, 15) is 19.5 Å². The molecule has 9 heteroatoms. The van der Waals surface area contributed by atoms with Crippen LogP contribution in [-0.4, -0.2) is 46.1 Å². The Hall–Kier alpha value is -3.26. The predicted octanol–water partition coefficient (Wildman–Crippen LogP) is 6.99. The lowest BCUT2D eigenvalue weighted by molar-refractivity contribution is -0.141. The minimum absolute atomic E-state index is 0.0398. The first kappa shape index (κ1) is 32.9. The summed E-state index contributed by atoms with van der Waals surface area (Å²) in [4.78, 5) is 42.5. The third-order valence-corrected chi connectivity index (χ3v) is 6.54. The Bertz CT molecular complexity index is 1120. The van der Waals surface area contributed by atoms with E-state index in [-0.39, 0.29) is 24.1 Å². The molecule has 2 unspecified atom stereocenters. The fourth-order valence-corrected chi connectivity index (χ4v) is 4.62. The molecule has 3 amide bonds. The highest BCUT2D eigenvalue weighted by molar-refractivity contribution is 6.34. The molecule has 0 fully saturated rings. The predicted molar refractivity (Wildman–Crippen MR) is 160 cm³/mol. The van der Waals surface area contributed by atoms with Crippen molar-refractivity contribution < 1.29 is 24.2 Å². The first-order chi connectivity index (χ1) is 18.7. The Morgan fingerprint density at radius 1 is 1.05 bits per heavy atom. The summed E-state index contributed by atoms with van der Waals surface area (Å²) < 4.78 is 5.45. The number of halogens is 1. The van der Waals surface area contributed by atoms with Gasteiger partial charge in [0.1, 0.15) is 23.4 Å². The van der Waals surface area contributed by atoms with E-state index in [1.807, 2.05) is 26.8 Å². The van der Waals surface area contributed by atoms with Gasteiger partial charge in [-0.2, -0.15) is 0 Å². The van der Waals surface area contributed by atoms with E-state index < -0.39 is 29.7 Å². The van der Waals surface area contributed by atoms with Gasteiger partial charge >= 0.3 is 6.09 Å². The van der Waals surface area contributed by atoms with Gasteiger partial charge in [0, 0.05) is 6.54 Å². The van der Waals surface area contributed by atoms with Crippen molar-refractivity contribution in [1.82, 2.24) is 10.2 Å². The Balaban J connectivity index is 2.57. The number of unbranched alkanes of at least 4 members (excludes halogenated alkanes) is 2. The minimum atomic E-state index is -1.05. The normalized spacial score (nSPS) is 12.9. The Kier molecular flexibility index (Phi) is 12.3. The van der Waals surface area contributed by atoms with Crippen LogP contribution >= 0.6 is 11.6 Å². The first-order valence-electron chi connectivity index (χ1n) is 13.9. The summed E-state index contributed by atoms with van der Waals surface area (Å²) in [5, 5.41) is 16.0. The van der Waals surface area contributed by atoms with Gasteiger partial charge < -0.3 is 25.4 Å². The van der Waals surface area contributed by atoms with Crippen LogP contribution in [0.25, 0.3) is 0 Å². The maximum Gasteiger partial charge on any atom is 0.408 e. The number of nitrogens with one attached hydrogen (secondary N) is 2. The van der Waals surface area contributed by atoms with Gasteiger partial charge in [0.25, 0.3) is 5.91 Å². The standard InChI is InChI=1S/C31H44ClN3O5/c1-8-9-10-18-35(29(38)25(19-20(2)3)33-30(39)40-31(5,6)7)27(22-14-16-23(36)17-15-22)28(37)34-26-21(4)12-11-13-24(26)32/h11-17,20,25,27,36H,8-10,18-19H2,1-7H3,(H,33,39)(H,34,37). The van der Waals surface area contributed by atoms with Crippen LogP contribution in [-0.2, 0) is 14.3 Å². The topological polar surface area (TPSA) is 108 Å². The number of aryl methyl sites for hydroxylation is 1. The second kappa shape index (κ2) is 14.9. The zero-order valence-corrected chi connectivity index (χ0v) is 25.5. The minimum Gasteiger partial charge on any atom is -0.508 e. The largest absolute Gasteiger partial charge is 0.508 e. The number of hydrogen-bond donors (Lipinski definition) is 3. The molecule has 0 saturated heterocycles. The highest BCUT2D eigenvalue weighted by Crippen LogP contribution is 2.30. The number of phenols is 1. The summed E-state index contributed by atoms with van der Waals surface area (Å²) in [7, 11) is 0. The van der Waals surface area contributed by atoms with Gasteiger partial charge in [-0.1, -0.05) is 69.5 Å². The summed E-state index contributed by atoms with van der Waals surface area (Å²) in [6, 6.07) is 9.57. The zero-order valence-electron chi connectivity index (χ0n) is 24.7. The number of nitrogens with zero attached hydrogens (tertiary/aromatic N) is 1. The third-order valence-electron chi connectivity index (χ3n) is 6.22. The van der Waals surface area contributed by atoms with Gasteiger partial charge in [0.15, 0.2) is 0 Å². The number of rotatable bonds is 12. The zero-order chi connectivity index (χ0) is 30.0. The van der Waals surface area contributed by atoms with Crippen molar-refractivity contribution in [3.8, 4) is 5.75 Å². The number of aromatic hydroxyl groups is 1. The van der Waals surface area contributed by atoms with E-state index in [1.54, 1.807) is 45.0 Å². The number of ether oxygens (including phenoxy) is 1. The molecule has 0 aliphatic heterocycles. The summed E-state index contributed by atoms with van der Waals surface area (Å²) in [5.41, 5.74) is 1.02. The summed E-state index contributed by atoms with van der Waals surface area (Å²) in [6.45, 7) is 13.4. The number of amides is 3. The second-order valence-corrected chi connectivity index (χ2v) is 11.9. The maximum absolute atomic E-state index is 14.2. The smallest absolute Gasteiger partial charge is 0.408 e. The molecule has 2 aromatic carbocycles. The van der Waals surface area contributed by atoms with E-state index in [2.05, 4.69) is 17.6 Å². The van der Waals surface area contributed by atoms with Crippen LogP contribution < -0.4 is 10.6 Å². The number of benzene rings is 2. The highest BCUT2D eigenvalue weighted by atomic mass is 35.5. The SMILES string of the molecule is CCCCCN(C(=O)C(CC(C)C)NC(=O)OC(C)(C)C)C(C(=O)Nc1c(C)cccc1Cl)c1ccc(O)cc1. The lowest BCUT2D eigenvalue weighted by Gasteiger charge is -2.35. The van der Waals surface area contributed by atoms with Crippen molar-refractivity contribution in [2.24, 2.45) is 5.92 Å². The fraction of sp³-hybridized carbons (Fsp3) is 0.516. The van der Waals surface area contributed by atoms with Crippen molar-refractivity contribution in [3.63, 3.8) is 0 Å². The summed E-state index contributed by atoms with van der Waals surface area (Å²) in [6.07, 6.45) is 2.09. The molecule has 0 saturated carbocycles. The van der Waals surface area contributed by atoms with Gasteiger partial charge in [-0.05, 0) is 75.8 Å². The van der Waals surface area contributed by atoms with Gasteiger partial charge in [-0.15, -0.1) is 0 Å². The van der Waals surface area contributed by atoms with E-state index in [4.69, 9.17) is 16.3 Å². The van der Waals surface area contributed by atoms with Crippen LogP contribution in [0.15, 0.2) is 42.5 Å². The quantitative estimate of drug-likeness (QED) is 0.237. The molecule has 0 heterocycles. The highest BCUT2D eigenvalue weighted by Gasteiger charge is 2.36. The summed E-state index contributed by atoms with van der Waals surface area (Å²) in [5.74, 6) is -0.724. The molecule has 0 spiro atoms. The van der Waals surface area contributed by atoms with Crippen molar-refractivity contribution in [1.29, 1.82) is 0 Å². The van der Waals surface area contributed by atoms with Crippen LogP contribution in [0, 0.1) is 12.8 Å². The van der Waals surface area contributed by atoms with Crippen molar-refractivity contribution >= 4 is 35.2 Å². The number of phenolic OH excluding ortho intramolecular Hbond substituents is 1. The average molecular weight is 574 g/mol. The lowest BCUT2D eigenvalue weighted by atomic mass is 9.98. The van der Waals surface area contributed by atoms with Crippen molar-refractivity contribution in [2.45, 2.75) is 91.8 Å². The Morgan fingerprint density at radius 3 is 2.25 bits per heavy atom. The molecule has 2 rings (SSSR count). The molecule has 2 atom stereocenters. The molecule has 3 N–H and O–H groups in total. The molecule has 220 valence electrons. The fourth-order valence-electron chi connectivity index (χ4n) is 4.35. The van der Waals surface area contributed by atoms with Crippen molar-refractivity contribution in [3.05, 3.63) is 58.6 Å². The molecule has 0 aliphatic carbocycles. The van der Waals surface area contributed by atoms with E-state index in [0.29, 0.717) is 29.1 Å². The molecule has 40 heavy (non-hydrogen) atoms. The van der Waals surface area contributed by atoms with Gasteiger partial charge in [0.2, 0.25) is 5.91 Å². The number of hydrogen-bond acceptors (Lipinski definition) is 5. The monoisotopic (exact) mass is 573 g/mol. The molecular weight excluding hydrogens is 530 g/mol. The van der Waals surface area contributed by atoms with Gasteiger partial charge in [-0.25, -0.2) is 4.79 Å². The molecule has 8 nitrogen and oxygen atoms in total. The van der Waals surface area contributed by atoms with E-state index >= 15 is 0 Å².